The molecule has 0 saturated carbocycles. The van der Waals surface area contributed by atoms with E-state index >= 15 is 0 Å². The molecule has 0 amide bonds. The van der Waals surface area contributed by atoms with Gasteiger partial charge in [0.05, 0.1) is 26.6 Å². The maximum absolute atomic E-state index is 14.8. The van der Waals surface area contributed by atoms with Crippen molar-refractivity contribution in [2.24, 2.45) is 0 Å². The van der Waals surface area contributed by atoms with Crippen LogP contribution in [-0.2, 0) is 6.42 Å². The Morgan fingerprint density at radius 3 is 2.77 bits per heavy atom. The van der Waals surface area contributed by atoms with E-state index < -0.39 is 25.4 Å². The van der Waals surface area contributed by atoms with Gasteiger partial charge in [0.25, 0.3) is 0 Å². The fourth-order valence-corrected chi connectivity index (χ4v) is 5.10. The highest BCUT2D eigenvalue weighted by Crippen LogP contribution is 2.43. The molecule has 8 heteroatoms. The van der Waals surface area contributed by atoms with Crippen LogP contribution in [-0.4, -0.2) is 66.9 Å². The Morgan fingerprint density at radius 1 is 1.23 bits per heavy atom. The van der Waals surface area contributed by atoms with Crippen LogP contribution in [0.4, 0.5) is 10.1 Å². The number of anilines is 1. The Hall–Kier alpha value is -1.57. The average Bonchev–Trinajstić information content (AvgIpc) is 3.41. The summed E-state index contributed by atoms with van der Waals surface area (Å²) in [5.74, 6) is 0.0495. The SMILES string of the molecule is [2H]C1CN(C)C([2H])N1c1ccc(Cl)c(O[C@H]2c3cc(Cl)cc(F)c3C[C@@H]2N2CC[C@@H](O)C2)c1. The van der Waals surface area contributed by atoms with Gasteiger partial charge in [-0.05, 0) is 49.7 Å². The third kappa shape index (κ3) is 4.12. The molecule has 1 aliphatic carbocycles. The van der Waals surface area contributed by atoms with Gasteiger partial charge in [-0.2, -0.15) is 0 Å². The molecular formula is C23H26Cl2FN3O2. The normalized spacial score (nSPS) is 32.3. The van der Waals surface area contributed by atoms with Crippen molar-refractivity contribution in [2.45, 2.75) is 31.1 Å². The van der Waals surface area contributed by atoms with E-state index in [9.17, 15) is 9.50 Å². The number of β-amino-alcohol motifs (C(OH)–C–C–N with tert-alkyl or cyclic N) is 1. The van der Waals surface area contributed by atoms with Crippen LogP contribution in [0.1, 0.15) is 26.4 Å². The molecule has 2 aliphatic heterocycles. The third-order valence-electron chi connectivity index (χ3n) is 6.28. The van der Waals surface area contributed by atoms with Crippen LogP contribution in [0, 0.1) is 5.82 Å². The first-order valence-electron chi connectivity index (χ1n) is 11.6. The molecule has 0 spiro atoms. The Kier molecular flexibility index (Phi) is 5.14. The highest BCUT2D eigenvalue weighted by atomic mass is 35.5. The maximum atomic E-state index is 14.8. The lowest BCUT2D eigenvalue weighted by molar-refractivity contribution is 0.0819. The molecule has 2 fully saturated rings. The number of hydrogen-bond donors (Lipinski definition) is 1. The Balaban J connectivity index is 1.50. The first-order chi connectivity index (χ1) is 15.7. The number of fused-ring (bicyclic) bond motifs is 1. The molecular weight excluding hydrogens is 440 g/mol. The van der Waals surface area contributed by atoms with Crippen molar-refractivity contribution in [1.82, 2.24) is 9.80 Å². The summed E-state index contributed by atoms with van der Waals surface area (Å²) in [5, 5.41) is 10.8. The van der Waals surface area contributed by atoms with Crippen molar-refractivity contribution in [3.63, 3.8) is 0 Å². The van der Waals surface area contributed by atoms with Crippen molar-refractivity contribution in [2.75, 3.05) is 44.7 Å². The number of halogens is 3. The van der Waals surface area contributed by atoms with Crippen LogP contribution < -0.4 is 9.64 Å². The van der Waals surface area contributed by atoms with Crippen molar-refractivity contribution in [1.29, 1.82) is 0 Å². The van der Waals surface area contributed by atoms with E-state index in [4.69, 9.17) is 30.7 Å². The summed E-state index contributed by atoms with van der Waals surface area (Å²) in [4.78, 5) is 5.62. The summed E-state index contributed by atoms with van der Waals surface area (Å²) in [7, 11) is 1.81. The number of nitrogens with zero attached hydrogens (tertiary/aromatic N) is 3. The zero-order valence-electron chi connectivity index (χ0n) is 19.1. The second-order valence-electron chi connectivity index (χ2n) is 8.46. The minimum Gasteiger partial charge on any atom is -0.482 e. The van der Waals surface area contributed by atoms with Gasteiger partial charge in [0.2, 0.25) is 0 Å². The lowest BCUT2D eigenvalue weighted by Crippen LogP contribution is -2.39. The summed E-state index contributed by atoms with van der Waals surface area (Å²) in [5.41, 5.74) is 1.93. The molecule has 3 aliphatic rings. The second-order valence-corrected chi connectivity index (χ2v) is 9.31. The van der Waals surface area contributed by atoms with Gasteiger partial charge in [-0.25, -0.2) is 4.39 Å². The molecule has 166 valence electrons. The van der Waals surface area contributed by atoms with Crippen LogP contribution in [0.2, 0.25) is 10.0 Å². The molecule has 1 N–H and O–H groups in total. The van der Waals surface area contributed by atoms with E-state index in [1.54, 1.807) is 34.1 Å². The highest BCUT2D eigenvalue weighted by molar-refractivity contribution is 6.32. The topological polar surface area (TPSA) is 39.2 Å². The zero-order valence-corrected chi connectivity index (χ0v) is 18.7. The maximum Gasteiger partial charge on any atom is 0.140 e. The van der Waals surface area contributed by atoms with Crippen LogP contribution in [0.3, 0.4) is 0 Å². The van der Waals surface area contributed by atoms with Crippen molar-refractivity contribution in [3.05, 3.63) is 57.3 Å². The zero-order chi connectivity index (χ0) is 23.4. The summed E-state index contributed by atoms with van der Waals surface area (Å²) in [6, 6.07) is 8.12. The summed E-state index contributed by atoms with van der Waals surface area (Å²) < 4.78 is 38.0. The van der Waals surface area contributed by atoms with E-state index in [2.05, 4.69) is 4.90 Å². The lowest BCUT2D eigenvalue weighted by Gasteiger charge is -2.30. The standard InChI is InChI=1S/C23H26Cl2FN3O2/c1-27-6-7-29(13-27)15-2-3-19(25)22(10-15)31-23-18-8-14(24)9-20(26)17(18)11-21(23)28-5-4-16(30)12-28/h2-3,8-10,16,21,23,30H,4-7,11-13H2,1H3/t16-,21+,23+/m1/s1/i7D,13D/t7?,13?,16-,21+,23+. The molecule has 2 saturated heterocycles. The second kappa shape index (κ2) is 8.41. The van der Waals surface area contributed by atoms with Gasteiger partial charge in [0.15, 0.2) is 0 Å². The number of ether oxygens (including phenoxy) is 1. The molecule has 5 atom stereocenters. The highest BCUT2D eigenvalue weighted by Gasteiger charge is 2.42. The summed E-state index contributed by atoms with van der Waals surface area (Å²) in [6.07, 6.45) is 0.182. The number of hydrogen-bond acceptors (Lipinski definition) is 5. The third-order valence-corrected chi connectivity index (χ3v) is 6.81. The fourth-order valence-electron chi connectivity index (χ4n) is 4.72. The Labute approximate surface area is 194 Å². The first-order valence-corrected chi connectivity index (χ1v) is 11.2. The Bertz CT molecular complexity index is 1060. The average molecular weight is 468 g/mol. The van der Waals surface area contributed by atoms with E-state index in [0.717, 1.165) is 0 Å². The molecule has 0 bridgehead atoms. The molecule has 0 radical (unpaired) electrons. The van der Waals surface area contributed by atoms with Gasteiger partial charge < -0.3 is 14.7 Å². The van der Waals surface area contributed by atoms with Crippen LogP contribution in [0.5, 0.6) is 5.75 Å². The molecule has 2 aromatic carbocycles. The number of aliphatic hydroxyl groups is 1. The Morgan fingerprint density at radius 2 is 2.06 bits per heavy atom. The van der Waals surface area contributed by atoms with Gasteiger partial charge in [0.1, 0.15) is 17.7 Å². The number of likely N-dealkylation sites (N-methyl/N-ethyl adjacent to an activating group) is 1. The molecule has 2 aromatic rings. The van der Waals surface area contributed by atoms with Gasteiger partial charge in [-0.1, -0.05) is 23.2 Å². The predicted octanol–water partition coefficient (Wildman–Crippen LogP) is 3.95. The quantitative estimate of drug-likeness (QED) is 0.736. The number of benzene rings is 2. The number of aliphatic hydroxyl groups excluding tert-OH is 1. The van der Waals surface area contributed by atoms with Gasteiger partial charge in [-0.15, -0.1) is 0 Å². The van der Waals surface area contributed by atoms with E-state index in [-0.39, 0.29) is 11.9 Å². The number of likely N-dealkylation sites (tertiary alicyclic amines) is 1. The van der Waals surface area contributed by atoms with Gasteiger partial charge in [0, 0.05) is 48.5 Å². The van der Waals surface area contributed by atoms with Gasteiger partial charge in [-0.3, -0.25) is 9.80 Å². The molecule has 2 unspecified atom stereocenters. The molecule has 5 rings (SSSR count). The van der Waals surface area contributed by atoms with E-state index in [1.807, 2.05) is 7.05 Å². The number of rotatable bonds is 4. The molecule has 0 aromatic heterocycles. The molecule has 5 nitrogen and oxygen atoms in total. The van der Waals surface area contributed by atoms with Crippen LogP contribution >= 0.6 is 23.2 Å². The monoisotopic (exact) mass is 467 g/mol. The smallest absolute Gasteiger partial charge is 0.140 e. The van der Waals surface area contributed by atoms with Crippen LogP contribution in [0.15, 0.2) is 30.3 Å². The fraction of sp³-hybridized carbons (Fsp3) is 0.478. The van der Waals surface area contributed by atoms with Crippen molar-refractivity contribution in [3.8, 4) is 5.75 Å². The van der Waals surface area contributed by atoms with Crippen molar-refractivity contribution >= 4 is 28.9 Å². The largest absolute Gasteiger partial charge is 0.482 e. The van der Waals surface area contributed by atoms with E-state index in [0.29, 0.717) is 65.1 Å². The van der Waals surface area contributed by atoms with Crippen molar-refractivity contribution < 1.29 is 17.0 Å². The first kappa shape index (κ1) is 18.9. The molecule has 31 heavy (non-hydrogen) atoms. The predicted molar refractivity (Wildman–Crippen MR) is 121 cm³/mol. The van der Waals surface area contributed by atoms with Crippen LogP contribution in [0.25, 0.3) is 0 Å². The van der Waals surface area contributed by atoms with Gasteiger partial charge >= 0.3 is 0 Å². The summed E-state index contributed by atoms with van der Waals surface area (Å²) in [6.45, 7) is 0.401. The minimum absolute atomic E-state index is 0.171. The van der Waals surface area contributed by atoms with E-state index in [1.165, 1.54) is 6.07 Å². The minimum atomic E-state index is -0.680. The molecule has 2 heterocycles. The lowest BCUT2D eigenvalue weighted by atomic mass is 10.1. The summed E-state index contributed by atoms with van der Waals surface area (Å²) >= 11 is 12.7.